The summed E-state index contributed by atoms with van der Waals surface area (Å²) >= 11 is 0. The second-order valence-electron chi connectivity index (χ2n) is 18.0. The van der Waals surface area contributed by atoms with E-state index in [2.05, 4.69) is 222 Å². The van der Waals surface area contributed by atoms with Crippen LogP contribution in [0.1, 0.15) is 72.2 Å². The molecule has 2 heterocycles. The SMILES string of the molecule is CC1(C)c2ccccc2-c2ccc(-c3cc(-c4ccccc4)nc(-c4ccccc4-c4cccc5c4C4(c6ccccc6Oc6ccccc64)c4ccccc4C5(C)C)n3)cc21. The van der Waals surface area contributed by atoms with E-state index in [1.165, 1.54) is 44.5 Å². The van der Waals surface area contributed by atoms with Crippen LogP contribution in [0.15, 0.2) is 194 Å². The fourth-order valence-electron chi connectivity index (χ4n) is 11.1. The number of fused-ring (bicyclic) bond motifs is 11. The molecule has 0 amide bonds. The average Bonchev–Trinajstić information content (AvgIpc) is 3.55. The van der Waals surface area contributed by atoms with Crippen LogP contribution >= 0.6 is 0 Å². The quantitative estimate of drug-likeness (QED) is 0.178. The van der Waals surface area contributed by atoms with Gasteiger partial charge >= 0.3 is 0 Å². The number of para-hydroxylation sites is 2. The molecule has 0 radical (unpaired) electrons. The normalized spacial score (nSPS) is 15.3. The van der Waals surface area contributed by atoms with Gasteiger partial charge in [-0.15, -0.1) is 0 Å². The Hall–Kier alpha value is -7.36. The summed E-state index contributed by atoms with van der Waals surface area (Å²) < 4.78 is 6.77. The lowest BCUT2D eigenvalue weighted by Gasteiger charge is -2.50. The summed E-state index contributed by atoms with van der Waals surface area (Å²) in [6, 6.07) is 70.3. The zero-order chi connectivity index (χ0) is 41.8. The van der Waals surface area contributed by atoms with Crippen LogP contribution in [0, 0.1) is 0 Å². The third kappa shape index (κ3) is 5.06. The summed E-state index contributed by atoms with van der Waals surface area (Å²) in [5.41, 5.74) is 18.7. The Morgan fingerprint density at radius 1 is 0.339 bits per heavy atom. The minimum Gasteiger partial charge on any atom is -0.457 e. The number of nitrogens with zero attached hydrogens (tertiary/aromatic N) is 2. The zero-order valence-electron chi connectivity index (χ0n) is 35.3. The average molecular weight is 797 g/mol. The van der Waals surface area contributed by atoms with Crippen molar-refractivity contribution in [3.63, 3.8) is 0 Å². The molecule has 0 saturated carbocycles. The van der Waals surface area contributed by atoms with E-state index in [-0.39, 0.29) is 10.8 Å². The maximum atomic E-state index is 6.77. The molecule has 1 spiro atoms. The highest BCUT2D eigenvalue weighted by Crippen LogP contribution is 2.63. The maximum absolute atomic E-state index is 6.77. The zero-order valence-corrected chi connectivity index (χ0v) is 35.3. The van der Waals surface area contributed by atoms with Gasteiger partial charge in [0.25, 0.3) is 0 Å². The fraction of sp³-hybridized carbons (Fsp3) is 0.119. The first-order chi connectivity index (χ1) is 30.3. The third-order valence-corrected chi connectivity index (χ3v) is 14.1. The molecule has 0 atom stereocenters. The predicted octanol–water partition coefficient (Wildman–Crippen LogP) is 14.6. The highest BCUT2D eigenvalue weighted by atomic mass is 16.5. The molecule has 3 heteroatoms. The molecule has 3 aliphatic rings. The van der Waals surface area contributed by atoms with Crippen LogP contribution in [-0.4, -0.2) is 9.97 Å². The minimum absolute atomic E-state index is 0.136. The second kappa shape index (κ2) is 13.3. The van der Waals surface area contributed by atoms with Crippen LogP contribution in [0.2, 0.25) is 0 Å². The van der Waals surface area contributed by atoms with Crippen molar-refractivity contribution in [2.45, 2.75) is 43.9 Å². The van der Waals surface area contributed by atoms with E-state index in [0.717, 1.165) is 61.8 Å². The van der Waals surface area contributed by atoms with Crippen LogP contribution in [0.25, 0.3) is 56.2 Å². The molecule has 62 heavy (non-hydrogen) atoms. The molecular weight excluding hydrogens is 753 g/mol. The highest BCUT2D eigenvalue weighted by Gasteiger charge is 2.54. The molecule has 2 aliphatic carbocycles. The summed E-state index contributed by atoms with van der Waals surface area (Å²) in [5, 5.41) is 0. The number of aromatic nitrogens is 2. The summed E-state index contributed by atoms with van der Waals surface area (Å²) in [4.78, 5) is 11.0. The lowest BCUT2D eigenvalue weighted by molar-refractivity contribution is 0.425. The molecule has 1 aliphatic heterocycles. The van der Waals surface area contributed by atoms with E-state index in [1.54, 1.807) is 0 Å². The van der Waals surface area contributed by atoms with Crippen molar-refractivity contribution >= 4 is 0 Å². The first kappa shape index (κ1) is 36.5. The summed E-state index contributed by atoms with van der Waals surface area (Å²) in [7, 11) is 0. The molecule has 0 unspecified atom stereocenters. The Morgan fingerprint density at radius 2 is 0.839 bits per heavy atom. The van der Waals surface area contributed by atoms with E-state index in [4.69, 9.17) is 14.7 Å². The highest BCUT2D eigenvalue weighted by molar-refractivity contribution is 5.90. The van der Waals surface area contributed by atoms with Crippen molar-refractivity contribution in [3.8, 4) is 67.7 Å². The number of hydrogen-bond acceptors (Lipinski definition) is 3. The Kier molecular flexibility index (Phi) is 7.84. The Labute approximate surface area is 363 Å². The van der Waals surface area contributed by atoms with Crippen molar-refractivity contribution in [2.24, 2.45) is 0 Å². The Morgan fingerprint density at radius 3 is 1.55 bits per heavy atom. The topological polar surface area (TPSA) is 35.0 Å². The molecule has 0 bridgehead atoms. The van der Waals surface area contributed by atoms with Crippen LogP contribution in [0.4, 0.5) is 0 Å². The number of ether oxygens (including phenoxy) is 1. The van der Waals surface area contributed by atoms with Crippen molar-refractivity contribution in [1.29, 1.82) is 0 Å². The van der Waals surface area contributed by atoms with Crippen molar-refractivity contribution in [1.82, 2.24) is 9.97 Å². The van der Waals surface area contributed by atoms with Gasteiger partial charge in [0.1, 0.15) is 11.5 Å². The minimum atomic E-state index is -0.677. The third-order valence-electron chi connectivity index (χ3n) is 14.1. The lowest BCUT2D eigenvalue weighted by atomic mass is 9.52. The molecule has 9 aromatic rings. The lowest BCUT2D eigenvalue weighted by Crippen LogP contribution is -2.43. The molecule has 3 nitrogen and oxygen atoms in total. The van der Waals surface area contributed by atoms with Gasteiger partial charge in [0.15, 0.2) is 5.82 Å². The molecule has 0 N–H and O–H groups in total. The van der Waals surface area contributed by atoms with E-state index < -0.39 is 5.41 Å². The number of rotatable bonds is 4. The van der Waals surface area contributed by atoms with Gasteiger partial charge < -0.3 is 4.74 Å². The largest absolute Gasteiger partial charge is 0.457 e. The van der Waals surface area contributed by atoms with Gasteiger partial charge in [-0.3, -0.25) is 0 Å². The van der Waals surface area contributed by atoms with Gasteiger partial charge in [0, 0.05) is 38.6 Å². The van der Waals surface area contributed by atoms with E-state index in [1.807, 2.05) is 0 Å². The van der Waals surface area contributed by atoms with Crippen LogP contribution in [0.3, 0.4) is 0 Å². The van der Waals surface area contributed by atoms with Crippen molar-refractivity contribution in [2.75, 3.05) is 0 Å². The smallest absolute Gasteiger partial charge is 0.161 e. The molecule has 0 fully saturated rings. The van der Waals surface area contributed by atoms with Gasteiger partial charge in [0.2, 0.25) is 0 Å². The monoisotopic (exact) mass is 796 g/mol. The molecular formula is C59H44N2O. The van der Waals surface area contributed by atoms with E-state index >= 15 is 0 Å². The molecule has 1 aromatic heterocycles. The molecule has 8 aromatic carbocycles. The van der Waals surface area contributed by atoms with Crippen molar-refractivity contribution in [3.05, 3.63) is 239 Å². The van der Waals surface area contributed by atoms with Gasteiger partial charge in [-0.25, -0.2) is 9.97 Å². The first-order valence-corrected chi connectivity index (χ1v) is 21.7. The fourth-order valence-corrected chi connectivity index (χ4v) is 11.1. The van der Waals surface area contributed by atoms with Gasteiger partial charge in [-0.05, 0) is 79.9 Å². The Bertz CT molecular complexity index is 3240. The molecule has 12 rings (SSSR count). The number of benzene rings is 8. The molecule has 296 valence electrons. The van der Waals surface area contributed by atoms with Gasteiger partial charge in [-0.2, -0.15) is 0 Å². The first-order valence-electron chi connectivity index (χ1n) is 21.7. The Balaban J connectivity index is 1.13. The van der Waals surface area contributed by atoms with Gasteiger partial charge in [-0.1, -0.05) is 198 Å². The van der Waals surface area contributed by atoms with Crippen LogP contribution in [-0.2, 0) is 16.2 Å². The summed E-state index contributed by atoms with van der Waals surface area (Å²) in [6.45, 7) is 9.42. The van der Waals surface area contributed by atoms with Gasteiger partial charge in [0.05, 0.1) is 16.8 Å². The van der Waals surface area contributed by atoms with Crippen LogP contribution in [0.5, 0.6) is 11.5 Å². The van der Waals surface area contributed by atoms with E-state index in [9.17, 15) is 0 Å². The molecule has 0 saturated heterocycles. The van der Waals surface area contributed by atoms with E-state index in [0.29, 0.717) is 5.82 Å². The second-order valence-corrected chi connectivity index (χ2v) is 18.0. The standard InChI is InChI=1S/C59H44N2O/c1-57(2)44-25-11-10-22-40(44)41-34-33-38(35-50(41)57)52-36-51(37-19-6-5-7-20-37)60-56(61-52)43-23-9-8-21-39(43)42-24-18-30-49-55(42)59(46-27-13-12-26-45(46)58(49,3)4)47-28-14-16-31-53(47)62-54-32-17-15-29-48(54)59/h5-36H,1-4H3. The number of hydrogen-bond donors (Lipinski definition) is 0. The van der Waals surface area contributed by atoms with Crippen molar-refractivity contribution < 1.29 is 4.74 Å². The summed E-state index contributed by atoms with van der Waals surface area (Å²) in [6.07, 6.45) is 0. The maximum Gasteiger partial charge on any atom is 0.161 e. The van der Waals surface area contributed by atoms with Crippen LogP contribution < -0.4 is 4.74 Å². The predicted molar refractivity (Wildman–Crippen MR) is 252 cm³/mol. The summed E-state index contributed by atoms with van der Waals surface area (Å²) in [5.74, 6) is 2.44.